The van der Waals surface area contributed by atoms with Gasteiger partial charge in [-0.05, 0) is 75.0 Å². The summed E-state index contributed by atoms with van der Waals surface area (Å²) in [6.07, 6.45) is 9.19. The highest BCUT2D eigenvalue weighted by atomic mass is 19.4. The topological polar surface area (TPSA) is 66.2 Å². The maximum atomic E-state index is 14.4. The van der Waals surface area contributed by atoms with Gasteiger partial charge in [-0.3, -0.25) is 18.8 Å². The Morgan fingerprint density at radius 3 is 2.41 bits per heavy atom. The summed E-state index contributed by atoms with van der Waals surface area (Å²) in [6.45, 7) is 3.59. The van der Waals surface area contributed by atoms with Gasteiger partial charge in [0.15, 0.2) is 0 Å². The number of hydrogen-bond donors (Lipinski definition) is 2. The number of hydrazine groups is 1. The standard InChI is InChI=1S/C30H43F3N6O2/c1-36-19-34-35-27(36)26(21-4-2-5-21)22-6-3-7-23(15-22)38-18-25-24(30(31,32)33)14-20(17-39(25)28(38)40)16-37-11-8-29(9-12-37)10-13-41-29/h14,17-18,21-23,26-27,34-35H,2-13,15-16,19H2,1H3/t22?,23?,26-,27?/m1/s1. The SMILES string of the molecule is CN1CNNC1[C@H](C1CCC1)C1CCCC(n2cc3c(C(F)(F)F)cc(CN4CCC5(CCO5)CC4)cn3c2=O)C1. The Morgan fingerprint density at radius 1 is 1.07 bits per heavy atom. The lowest BCUT2D eigenvalue weighted by Gasteiger charge is -2.47. The molecular formula is C30H43F3N6O2. The van der Waals surface area contributed by atoms with E-state index in [1.54, 1.807) is 10.8 Å². The summed E-state index contributed by atoms with van der Waals surface area (Å²) in [7, 11) is 2.13. The Morgan fingerprint density at radius 2 is 1.80 bits per heavy atom. The van der Waals surface area contributed by atoms with Crippen molar-refractivity contribution < 1.29 is 17.9 Å². The Labute approximate surface area is 239 Å². The van der Waals surface area contributed by atoms with E-state index in [4.69, 9.17) is 4.74 Å². The van der Waals surface area contributed by atoms with E-state index in [2.05, 4.69) is 27.7 Å². The minimum atomic E-state index is -4.54. The monoisotopic (exact) mass is 576 g/mol. The number of likely N-dealkylation sites (tertiary alicyclic amines) is 1. The smallest absolute Gasteiger partial charge is 0.375 e. The first-order chi connectivity index (χ1) is 19.7. The molecule has 2 aromatic heterocycles. The minimum absolute atomic E-state index is 0.0129. The minimum Gasteiger partial charge on any atom is -0.375 e. The molecule has 5 fully saturated rings. The number of nitrogens with zero attached hydrogens (tertiary/aromatic N) is 4. The predicted molar refractivity (Wildman–Crippen MR) is 149 cm³/mol. The molecule has 1 spiro atoms. The molecular weight excluding hydrogens is 533 g/mol. The van der Waals surface area contributed by atoms with Crippen LogP contribution in [0.4, 0.5) is 13.2 Å². The Bertz CT molecular complexity index is 1310. The molecule has 4 atom stereocenters. The van der Waals surface area contributed by atoms with E-state index >= 15 is 0 Å². The third-order valence-corrected chi connectivity index (χ3v) is 11.0. The molecule has 8 nitrogen and oxygen atoms in total. The molecule has 0 aromatic carbocycles. The molecule has 5 heterocycles. The van der Waals surface area contributed by atoms with Crippen molar-refractivity contribution in [1.82, 2.24) is 29.6 Å². The Hall–Kier alpha value is -1.92. The van der Waals surface area contributed by atoms with Crippen LogP contribution < -0.4 is 16.5 Å². The average molecular weight is 577 g/mol. The second-order valence-corrected chi connectivity index (χ2v) is 13.4. The number of pyridine rings is 1. The molecule has 5 aliphatic rings. The molecule has 7 rings (SSSR count). The van der Waals surface area contributed by atoms with E-state index in [1.165, 1.54) is 35.9 Å². The quantitative estimate of drug-likeness (QED) is 0.534. The van der Waals surface area contributed by atoms with Gasteiger partial charge in [-0.25, -0.2) is 15.6 Å². The van der Waals surface area contributed by atoms with Crippen LogP contribution in [0.5, 0.6) is 0 Å². The van der Waals surface area contributed by atoms with Crippen molar-refractivity contribution in [1.29, 1.82) is 0 Å². The first-order valence-corrected chi connectivity index (χ1v) is 15.6. The van der Waals surface area contributed by atoms with Crippen LogP contribution in [-0.4, -0.2) is 63.9 Å². The zero-order valence-electron chi connectivity index (χ0n) is 24.0. The van der Waals surface area contributed by atoms with E-state index in [-0.39, 0.29) is 29.0 Å². The highest BCUT2D eigenvalue weighted by Gasteiger charge is 2.44. The molecule has 3 saturated heterocycles. The van der Waals surface area contributed by atoms with Gasteiger partial charge in [-0.2, -0.15) is 13.2 Å². The summed E-state index contributed by atoms with van der Waals surface area (Å²) >= 11 is 0. The fraction of sp³-hybridized carbons (Fsp3) is 0.767. The number of halogens is 3. The van der Waals surface area contributed by atoms with Crippen molar-refractivity contribution in [2.24, 2.45) is 17.8 Å². The highest BCUT2D eigenvalue weighted by molar-refractivity contribution is 5.56. The molecule has 2 aliphatic carbocycles. The van der Waals surface area contributed by atoms with E-state index in [0.29, 0.717) is 29.9 Å². The summed E-state index contributed by atoms with van der Waals surface area (Å²) in [5.74, 6) is 1.54. The van der Waals surface area contributed by atoms with Crippen LogP contribution >= 0.6 is 0 Å². The molecule has 226 valence electrons. The van der Waals surface area contributed by atoms with Gasteiger partial charge in [0, 0.05) is 38.1 Å². The van der Waals surface area contributed by atoms with Gasteiger partial charge in [-0.15, -0.1) is 0 Å². The van der Waals surface area contributed by atoms with E-state index < -0.39 is 11.7 Å². The van der Waals surface area contributed by atoms with Gasteiger partial charge in [0.1, 0.15) is 0 Å². The lowest BCUT2D eigenvalue weighted by atomic mass is 9.65. The van der Waals surface area contributed by atoms with E-state index in [0.717, 1.165) is 71.3 Å². The third kappa shape index (κ3) is 5.15. The number of hydrogen-bond acceptors (Lipinski definition) is 6. The summed E-state index contributed by atoms with van der Waals surface area (Å²) in [5.41, 5.74) is 6.18. The number of fused-ring (bicyclic) bond motifs is 1. The number of rotatable bonds is 6. The predicted octanol–water partition coefficient (Wildman–Crippen LogP) is 4.35. The molecule has 0 radical (unpaired) electrons. The van der Waals surface area contributed by atoms with Crippen LogP contribution in [0.25, 0.3) is 5.52 Å². The molecule has 3 unspecified atom stereocenters. The van der Waals surface area contributed by atoms with Crippen LogP contribution in [0.2, 0.25) is 0 Å². The van der Waals surface area contributed by atoms with Gasteiger partial charge in [0.05, 0.1) is 36.1 Å². The summed E-state index contributed by atoms with van der Waals surface area (Å²) in [5, 5.41) is 0. The molecule has 3 aliphatic heterocycles. The fourth-order valence-corrected chi connectivity index (χ4v) is 8.40. The molecule has 2 saturated carbocycles. The lowest BCUT2D eigenvalue weighted by molar-refractivity contribution is -0.173. The van der Waals surface area contributed by atoms with Crippen LogP contribution in [0, 0.1) is 17.8 Å². The van der Waals surface area contributed by atoms with Crippen LogP contribution in [0.1, 0.15) is 81.4 Å². The molecule has 0 bridgehead atoms. The number of aromatic nitrogens is 2. The van der Waals surface area contributed by atoms with Gasteiger partial charge in [0.25, 0.3) is 0 Å². The van der Waals surface area contributed by atoms with Gasteiger partial charge >= 0.3 is 11.9 Å². The lowest BCUT2D eigenvalue weighted by Crippen LogP contribution is -2.52. The summed E-state index contributed by atoms with van der Waals surface area (Å²) < 4.78 is 51.8. The normalized spacial score (nSPS) is 30.5. The van der Waals surface area contributed by atoms with Crippen molar-refractivity contribution in [2.75, 3.05) is 33.4 Å². The molecule has 2 N–H and O–H groups in total. The maximum absolute atomic E-state index is 14.4. The molecule has 0 amide bonds. The highest BCUT2D eigenvalue weighted by Crippen LogP contribution is 2.47. The molecule has 2 aromatic rings. The third-order valence-electron chi connectivity index (χ3n) is 11.0. The summed E-state index contributed by atoms with van der Waals surface area (Å²) in [6, 6.07) is 1.17. The van der Waals surface area contributed by atoms with Crippen molar-refractivity contribution in [3.63, 3.8) is 0 Å². The number of nitrogens with one attached hydrogen (secondary N) is 2. The Balaban J connectivity index is 1.16. The zero-order valence-corrected chi connectivity index (χ0v) is 24.0. The summed E-state index contributed by atoms with van der Waals surface area (Å²) in [4.78, 5) is 18.3. The number of alkyl halides is 3. The van der Waals surface area contributed by atoms with Crippen LogP contribution in [0.15, 0.2) is 23.3 Å². The first kappa shape index (κ1) is 27.9. The molecule has 41 heavy (non-hydrogen) atoms. The molecule has 11 heteroatoms. The van der Waals surface area contributed by atoms with Crippen molar-refractivity contribution in [2.45, 2.75) is 94.7 Å². The number of ether oxygens (including phenoxy) is 1. The second-order valence-electron chi connectivity index (χ2n) is 13.4. The fourth-order valence-electron chi connectivity index (χ4n) is 8.40. The van der Waals surface area contributed by atoms with Crippen LogP contribution in [0.3, 0.4) is 0 Å². The van der Waals surface area contributed by atoms with E-state index in [1.807, 2.05) is 0 Å². The number of piperidine rings is 1. The van der Waals surface area contributed by atoms with Crippen molar-refractivity contribution in [3.8, 4) is 0 Å². The first-order valence-electron chi connectivity index (χ1n) is 15.6. The van der Waals surface area contributed by atoms with E-state index in [9.17, 15) is 18.0 Å². The maximum Gasteiger partial charge on any atom is 0.418 e. The zero-order chi connectivity index (χ0) is 28.4. The number of imidazole rings is 1. The Kier molecular flexibility index (Phi) is 7.25. The van der Waals surface area contributed by atoms with Crippen molar-refractivity contribution in [3.05, 3.63) is 40.1 Å². The van der Waals surface area contributed by atoms with Gasteiger partial charge in [-0.1, -0.05) is 25.7 Å². The second kappa shape index (κ2) is 10.7. The van der Waals surface area contributed by atoms with Gasteiger partial charge in [0.2, 0.25) is 0 Å². The van der Waals surface area contributed by atoms with Crippen LogP contribution in [-0.2, 0) is 17.5 Å². The largest absolute Gasteiger partial charge is 0.418 e. The average Bonchev–Trinajstić information content (AvgIpc) is 3.47. The van der Waals surface area contributed by atoms with Gasteiger partial charge < -0.3 is 4.74 Å². The van der Waals surface area contributed by atoms with Crippen molar-refractivity contribution >= 4 is 5.52 Å².